The van der Waals surface area contributed by atoms with E-state index in [-0.39, 0.29) is 11.2 Å². The fourth-order valence-electron chi connectivity index (χ4n) is 4.40. The van der Waals surface area contributed by atoms with Gasteiger partial charge in [-0.1, -0.05) is 54.1 Å². The van der Waals surface area contributed by atoms with Crippen LogP contribution in [-0.4, -0.2) is 20.3 Å². The molecule has 0 aliphatic carbocycles. The molecule has 0 fully saturated rings. The van der Waals surface area contributed by atoms with Crippen molar-refractivity contribution in [2.75, 3.05) is 6.61 Å². The van der Waals surface area contributed by atoms with E-state index in [0.717, 1.165) is 27.1 Å². The summed E-state index contributed by atoms with van der Waals surface area (Å²) in [7, 11) is 3.21. The second kappa shape index (κ2) is 7.00. The van der Waals surface area contributed by atoms with Crippen LogP contribution in [0.15, 0.2) is 64.2 Å². The highest BCUT2D eigenvalue weighted by Gasteiger charge is 2.33. The number of benzene rings is 2. The number of ether oxygens (including phenoxy) is 1. The summed E-state index contributed by atoms with van der Waals surface area (Å²) in [6.45, 7) is 1.07. The Morgan fingerprint density at radius 3 is 2.50 bits per heavy atom. The number of hydrogen-bond acceptors (Lipinski definition) is 3. The van der Waals surface area contributed by atoms with Gasteiger partial charge in [-0.25, -0.2) is 4.79 Å². The highest BCUT2D eigenvalue weighted by molar-refractivity contribution is 6.30. The second-order valence-corrected chi connectivity index (χ2v) is 7.92. The Morgan fingerprint density at radius 2 is 1.77 bits per heavy atom. The third-order valence-electron chi connectivity index (χ3n) is 5.75. The van der Waals surface area contributed by atoms with Gasteiger partial charge in [-0.05, 0) is 23.3 Å². The predicted molar refractivity (Wildman–Crippen MR) is 117 cm³/mol. The van der Waals surface area contributed by atoms with E-state index in [9.17, 15) is 9.59 Å². The predicted octanol–water partition coefficient (Wildman–Crippen LogP) is 3.48. The highest BCUT2D eigenvalue weighted by atomic mass is 35.5. The molecule has 6 nitrogen and oxygen atoms in total. The van der Waals surface area contributed by atoms with Crippen LogP contribution in [0.3, 0.4) is 0 Å². The summed E-state index contributed by atoms with van der Waals surface area (Å²) in [6, 6.07) is 17.3. The number of aromatic nitrogens is 3. The van der Waals surface area contributed by atoms with E-state index in [1.165, 1.54) is 7.05 Å². The summed E-state index contributed by atoms with van der Waals surface area (Å²) in [5.74, 6) is 0. The highest BCUT2D eigenvalue weighted by Crippen LogP contribution is 2.40. The molecule has 7 heteroatoms. The molecule has 4 aromatic rings. The van der Waals surface area contributed by atoms with Crippen LogP contribution in [0.5, 0.6) is 0 Å². The van der Waals surface area contributed by atoms with Crippen LogP contribution in [0.1, 0.15) is 17.4 Å². The number of fused-ring (bicyclic) bond motifs is 3. The lowest BCUT2D eigenvalue weighted by Gasteiger charge is -2.27. The number of aryl methyl sites for hydroxylation is 1. The molecule has 1 atom stereocenters. The average molecular weight is 422 g/mol. The first kappa shape index (κ1) is 18.9. The second-order valence-electron chi connectivity index (χ2n) is 7.49. The van der Waals surface area contributed by atoms with Crippen molar-refractivity contribution in [3.05, 3.63) is 91.7 Å². The van der Waals surface area contributed by atoms with Gasteiger partial charge in [-0.3, -0.25) is 13.9 Å². The van der Waals surface area contributed by atoms with Crippen LogP contribution in [-0.2, 0) is 25.4 Å². The van der Waals surface area contributed by atoms with Crippen LogP contribution in [0.4, 0.5) is 0 Å². The fourth-order valence-corrected chi connectivity index (χ4v) is 4.60. The van der Waals surface area contributed by atoms with Gasteiger partial charge in [0.05, 0.1) is 28.9 Å². The van der Waals surface area contributed by atoms with Gasteiger partial charge in [0.15, 0.2) is 0 Å². The zero-order chi connectivity index (χ0) is 21.0. The lowest BCUT2D eigenvalue weighted by molar-refractivity contribution is 0.0478. The van der Waals surface area contributed by atoms with E-state index in [0.29, 0.717) is 29.1 Å². The number of nitrogens with zero attached hydrogens (tertiary/aromatic N) is 3. The minimum absolute atomic E-state index is 0.307. The molecule has 2 aromatic heterocycles. The molecule has 0 saturated heterocycles. The van der Waals surface area contributed by atoms with Gasteiger partial charge < -0.3 is 9.30 Å². The maximum Gasteiger partial charge on any atom is 0.331 e. The molecule has 1 aliphatic heterocycles. The summed E-state index contributed by atoms with van der Waals surface area (Å²) < 4.78 is 11.0. The minimum Gasteiger partial charge on any atom is -0.365 e. The van der Waals surface area contributed by atoms with Crippen LogP contribution in [0, 0.1) is 0 Å². The van der Waals surface area contributed by atoms with Gasteiger partial charge in [-0.15, -0.1) is 0 Å². The van der Waals surface area contributed by atoms with Crippen LogP contribution < -0.4 is 11.2 Å². The van der Waals surface area contributed by atoms with Crippen molar-refractivity contribution < 1.29 is 4.74 Å². The Hall–Kier alpha value is -3.09. The normalized spacial score (nSPS) is 16.0. The lowest BCUT2D eigenvalue weighted by Crippen LogP contribution is -2.37. The Labute approximate surface area is 177 Å². The monoisotopic (exact) mass is 421 g/mol. The standard InChI is InChI=1S/C23H20ClN3O3/c1-25-19-17(22(28)26(2)23(25)29)18(14-7-4-3-5-8-14)27-11-12-30-21(20(19)27)15-9-6-10-16(24)13-15/h3-10,13,21H,11-12H2,1-2H3/t21-/m0/s1. The average Bonchev–Trinajstić information content (AvgIpc) is 3.12. The molecule has 3 heterocycles. The SMILES string of the molecule is Cn1c(=O)c2c(-c3ccccc3)n3c(c2n(C)c1=O)[C@H](c1cccc(Cl)c1)OCC3. The fraction of sp³-hybridized carbons (Fsp3) is 0.217. The van der Waals surface area contributed by atoms with Crippen molar-refractivity contribution in [1.82, 2.24) is 13.7 Å². The van der Waals surface area contributed by atoms with Crippen molar-refractivity contribution in [3.63, 3.8) is 0 Å². The number of rotatable bonds is 2. The molecule has 0 N–H and O–H groups in total. The molecule has 152 valence electrons. The molecular weight excluding hydrogens is 402 g/mol. The van der Waals surface area contributed by atoms with Crippen molar-refractivity contribution in [1.29, 1.82) is 0 Å². The summed E-state index contributed by atoms with van der Waals surface area (Å²) in [5.41, 5.74) is 3.36. The zero-order valence-corrected chi connectivity index (χ0v) is 17.4. The van der Waals surface area contributed by atoms with Gasteiger partial charge in [0.1, 0.15) is 6.10 Å². The van der Waals surface area contributed by atoms with Crippen molar-refractivity contribution in [3.8, 4) is 11.3 Å². The van der Waals surface area contributed by atoms with E-state index in [1.807, 2.05) is 54.6 Å². The molecule has 0 amide bonds. The van der Waals surface area contributed by atoms with Gasteiger partial charge >= 0.3 is 5.69 Å². The van der Waals surface area contributed by atoms with E-state index < -0.39 is 6.10 Å². The maximum atomic E-state index is 13.3. The van der Waals surface area contributed by atoms with Gasteiger partial charge in [0.25, 0.3) is 5.56 Å². The topological polar surface area (TPSA) is 58.2 Å². The van der Waals surface area contributed by atoms with E-state index in [1.54, 1.807) is 11.6 Å². The Balaban J connectivity index is 1.96. The van der Waals surface area contributed by atoms with Gasteiger partial charge in [-0.2, -0.15) is 0 Å². The van der Waals surface area contributed by atoms with Crippen molar-refractivity contribution in [2.45, 2.75) is 12.6 Å². The molecule has 0 bridgehead atoms. The molecule has 0 saturated carbocycles. The summed E-state index contributed by atoms with van der Waals surface area (Å²) >= 11 is 6.24. The van der Waals surface area contributed by atoms with Crippen LogP contribution >= 0.6 is 11.6 Å². The molecule has 2 aromatic carbocycles. The Kier molecular flexibility index (Phi) is 4.41. The quantitative estimate of drug-likeness (QED) is 0.498. The maximum absolute atomic E-state index is 13.3. The molecule has 30 heavy (non-hydrogen) atoms. The molecular formula is C23H20ClN3O3. The van der Waals surface area contributed by atoms with Gasteiger partial charge in [0.2, 0.25) is 0 Å². The minimum atomic E-state index is -0.435. The van der Waals surface area contributed by atoms with Crippen molar-refractivity contribution in [2.24, 2.45) is 14.1 Å². The molecule has 1 aliphatic rings. The first-order valence-electron chi connectivity index (χ1n) is 9.73. The van der Waals surface area contributed by atoms with Crippen molar-refractivity contribution >= 4 is 22.5 Å². The van der Waals surface area contributed by atoms with Crippen LogP contribution in [0.2, 0.25) is 5.02 Å². The Bertz CT molecular complexity index is 1400. The molecule has 5 rings (SSSR count). The zero-order valence-electron chi connectivity index (χ0n) is 16.6. The van der Waals surface area contributed by atoms with E-state index in [4.69, 9.17) is 16.3 Å². The summed E-state index contributed by atoms with van der Waals surface area (Å²) in [5, 5.41) is 1.13. The number of hydrogen-bond donors (Lipinski definition) is 0. The smallest absolute Gasteiger partial charge is 0.331 e. The number of halogens is 1. The largest absolute Gasteiger partial charge is 0.365 e. The third-order valence-corrected chi connectivity index (χ3v) is 5.99. The Morgan fingerprint density at radius 1 is 1.00 bits per heavy atom. The molecule has 0 unspecified atom stereocenters. The molecule has 0 spiro atoms. The third kappa shape index (κ3) is 2.68. The summed E-state index contributed by atoms with van der Waals surface area (Å²) in [6.07, 6.45) is -0.435. The lowest BCUT2D eigenvalue weighted by atomic mass is 10.0. The summed E-state index contributed by atoms with van der Waals surface area (Å²) in [4.78, 5) is 26.1. The first-order valence-corrected chi connectivity index (χ1v) is 10.1. The van der Waals surface area contributed by atoms with E-state index >= 15 is 0 Å². The van der Waals surface area contributed by atoms with Gasteiger partial charge in [0, 0.05) is 25.7 Å². The first-order chi connectivity index (χ1) is 14.5. The van der Waals surface area contributed by atoms with E-state index in [2.05, 4.69) is 4.57 Å². The van der Waals surface area contributed by atoms with Crippen LogP contribution in [0.25, 0.3) is 22.2 Å². The molecule has 0 radical (unpaired) electrons.